The van der Waals surface area contributed by atoms with E-state index in [0.717, 1.165) is 0 Å². The van der Waals surface area contributed by atoms with Crippen LogP contribution in [-0.2, 0) is 0 Å². The van der Waals surface area contributed by atoms with E-state index in [1.54, 1.807) is 6.92 Å². The van der Waals surface area contributed by atoms with Crippen LogP contribution < -0.4 is 5.73 Å². The Morgan fingerprint density at radius 2 is 2.00 bits per heavy atom. The Kier molecular flexibility index (Phi) is 10.7. The molecule has 116 valence electrons. The molecular weight excluding hydrogens is 260 g/mol. The van der Waals surface area contributed by atoms with E-state index in [-0.39, 0.29) is 5.76 Å². The maximum atomic E-state index is 9.53. The van der Waals surface area contributed by atoms with Crippen LogP contribution in [0.1, 0.15) is 46.5 Å². The summed E-state index contributed by atoms with van der Waals surface area (Å²) in [6, 6.07) is 0. The topological polar surface area (TPSA) is 58.6 Å². The standard InChI is InChI=1S/C13H18N2O.C3H4.C2H6/c14-13-9-12(16)6-2-5-11(7-8-15-13)10-3-1-4-10;1-3-2;1-2/h2,5,7,9-10,16H,1,3-4,6,8H2,(H2,14,15);1H,2H3;1-2H3/b5-2-,11-7+,12-9+;;. The van der Waals surface area contributed by atoms with Gasteiger partial charge in [-0.05, 0) is 31.3 Å². The van der Waals surface area contributed by atoms with Crippen LogP contribution in [0.2, 0.25) is 0 Å². The summed E-state index contributed by atoms with van der Waals surface area (Å²) in [7, 11) is 0. The number of hydrogen-bond donors (Lipinski definition) is 2. The van der Waals surface area contributed by atoms with Gasteiger partial charge in [-0.1, -0.05) is 38.5 Å². The number of nitrogens with zero attached hydrogens (tertiary/aromatic N) is 1. The molecule has 0 aromatic rings. The summed E-state index contributed by atoms with van der Waals surface area (Å²) < 4.78 is 0. The molecule has 1 aliphatic heterocycles. The zero-order valence-corrected chi connectivity index (χ0v) is 13.5. The molecule has 0 saturated heterocycles. The molecule has 1 heterocycles. The van der Waals surface area contributed by atoms with Crippen molar-refractivity contribution >= 4 is 5.84 Å². The zero-order valence-electron chi connectivity index (χ0n) is 13.5. The number of allylic oxidation sites excluding steroid dienone is 3. The van der Waals surface area contributed by atoms with Crippen LogP contribution in [0.5, 0.6) is 0 Å². The molecule has 3 nitrogen and oxygen atoms in total. The second-order valence-electron chi connectivity index (χ2n) is 4.63. The first-order valence-corrected chi connectivity index (χ1v) is 7.60. The number of terminal acetylenes is 1. The molecule has 0 spiro atoms. The summed E-state index contributed by atoms with van der Waals surface area (Å²) in [5.74, 6) is 3.61. The van der Waals surface area contributed by atoms with E-state index in [1.165, 1.54) is 30.9 Å². The minimum absolute atomic E-state index is 0.271. The van der Waals surface area contributed by atoms with Crippen molar-refractivity contribution in [3.63, 3.8) is 0 Å². The Morgan fingerprint density at radius 1 is 1.38 bits per heavy atom. The Balaban J connectivity index is 0.000000713. The van der Waals surface area contributed by atoms with Crippen LogP contribution in [0.4, 0.5) is 0 Å². The van der Waals surface area contributed by atoms with E-state index in [9.17, 15) is 5.11 Å². The molecular formula is C18H28N2O. The van der Waals surface area contributed by atoms with E-state index in [2.05, 4.69) is 29.5 Å². The van der Waals surface area contributed by atoms with Gasteiger partial charge in [-0.2, -0.15) is 0 Å². The number of aliphatic imine (C=N–C) groups is 1. The third kappa shape index (κ3) is 8.04. The van der Waals surface area contributed by atoms with Crippen LogP contribution >= 0.6 is 0 Å². The monoisotopic (exact) mass is 288 g/mol. The Hall–Kier alpha value is -1.95. The van der Waals surface area contributed by atoms with E-state index in [1.807, 2.05) is 19.9 Å². The predicted molar refractivity (Wildman–Crippen MR) is 92.2 cm³/mol. The van der Waals surface area contributed by atoms with Gasteiger partial charge in [0.05, 0.1) is 12.3 Å². The summed E-state index contributed by atoms with van der Waals surface area (Å²) in [4.78, 5) is 4.17. The first-order chi connectivity index (χ1) is 10.2. The highest BCUT2D eigenvalue weighted by molar-refractivity contribution is 5.91. The maximum absolute atomic E-state index is 9.53. The molecule has 0 radical (unpaired) electrons. The average Bonchev–Trinajstić information content (AvgIpc) is 2.39. The molecule has 2 aliphatic rings. The lowest BCUT2D eigenvalue weighted by molar-refractivity contribution is 0.373. The van der Waals surface area contributed by atoms with E-state index >= 15 is 0 Å². The highest BCUT2D eigenvalue weighted by atomic mass is 16.3. The highest BCUT2D eigenvalue weighted by Crippen LogP contribution is 2.33. The molecule has 0 atom stereocenters. The van der Waals surface area contributed by atoms with Crippen molar-refractivity contribution in [1.29, 1.82) is 0 Å². The van der Waals surface area contributed by atoms with Gasteiger partial charge >= 0.3 is 0 Å². The van der Waals surface area contributed by atoms with Gasteiger partial charge in [0.15, 0.2) is 0 Å². The molecule has 0 bridgehead atoms. The van der Waals surface area contributed by atoms with Crippen molar-refractivity contribution in [2.24, 2.45) is 16.6 Å². The Bertz CT molecular complexity index is 446. The molecule has 1 fully saturated rings. The van der Waals surface area contributed by atoms with E-state index < -0.39 is 0 Å². The summed E-state index contributed by atoms with van der Waals surface area (Å²) in [6.07, 6.45) is 16.8. The normalized spacial score (nSPS) is 24.6. The maximum Gasteiger partial charge on any atom is 0.121 e. The molecule has 3 heteroatoms. The largest absolute Gasteiger partial charge is 0.512 e. The van der Waals surface area contributed by atoms with Crippen molar-refractivity contribution in [2.45, 2.75) is 46.5 Å². The van der Waals surface area contributed by atoms with Gasteiger partial charge in [0.25, 0.3) is 0 Å². The van der Waals surface area contributed by atoms with E-state index in [4.69, 9.17) is 5.73 Å². The molecule has 21 heavy (non-hydrogen) atoms. The number of aliphatic hydroxyl groups is 1. The van der Waals surface area contributed by atoms with Gasteiger partial charge in [-0.15, -0.1) is 12.3 Å². The fraction of sp³-hybridized carbons (Fsp3) is 0.500. The van der Waals surface area contributed by atoms with Gasteiger partial charge in [0.2, 0.25) is 0 Å². The number of hydrogen-bond acceptors (Lipinski definition) is 3. The number of nitrogens with two attached hydrogens (primary N) is 1. The highest BCUT2D eigenvalue weighted by Gasteiger charge is 2.19. The smallest absolute Gasteiger partial charge is 0.121 e. The quantitative estimate of drug-likeness (QED) is 0.712. The second kappa shape index (κ2) is 11.8. The molecule has 0 unspecified atom stereocenters. The van der Waals surface area contributed by atoms with Crippen molar-refractivity contribution in [3.05, 3.63) is 35.6 Å². The van der Waals surface area contributed by atoms with Crippen molar-refractivity contribution in [3.8, 4) is 12.3 Å². The third-order valence-corrected chi connectivity index (χ3v) is 3.13. The van der Waals surface area contributed by atoms with Crippen LogP contribution in [0.15, 0.2) is 40.6 Å². The molecule has 0 amide bonds. The van der Waals surface area contributed by atoms with Crippen molar-refractivity contribution < 1.29 is 5.11 Å². The SMILES string of the molecule is C#CC.CC.NC1=NC/C=C(C2CCC2)\C=C/C/C(O)=C\1. The lowest BCUT2D eigenvalue weighted by Crippen LogP contribution is -2.14. The number of rotatable bonds is 1. The fourth-order valence-corrected chi connectivity index (χ4v) is 1.96. The van der Waals surface area contributed by atoms with Crippen LogP contribution in [-0.4, -0.2) is 17.5 Å². The lowest BCUT2D eigenvalue weighted by atomic mass is 9.79. The number of amidine groups is 1. The summed E-state index contributed by atoms with van der Waals surface area (Å²) in [5.41, 5.74) is 6.99. The first-order valence-electron chi connectivity index (χ1n) is 7.60. The Labute approximate surface area is 129 Å². The van der Waals surface area contributed by atoms with Crippen LogP contribution in [0, 0.1) is 18.3 Å². The summed E-state index contributed by atoms with van der Waals surface area (Å²) in [6.45, 7) is 6.26. The van der Waals surface area contributed by atoms with Gasteiger partial charge in [-0.25, -0.2) is 0 Å². The molecule has 1 aliphatic carbocycles. The van der Waals surface area contributed by atoms with Gasteiger partial charge in [0, 0.05) is 12.5 Å². The first kappa shape index (κ1) is 19.1. The summed E-state index contributed by atoms with van der Waals surface area (Å²) in [5, 5.41) is 9.53. The molecule has 2 rings (SSSR count). The van der Waals surface area contributed by atoms with Crippen molar-refractivity contribution in [1.82, 2.24) is 0 Å². The van der Waals surface area contributed by atoms with E-state index in [0.29, 0.717) is 24.7 Å². The number of aliphatic hydroxyl groups excluding tert-OH is 1. The van der Waals surface area contributed by atoms with Gasteiger partial charge in [0.1, 0.15) is 5.84 Å². The van der Waals surface area contributed by atoms with Crippen LogP contribution in [0.25, 0.3) is 0 Å². The molecule has 0 aromatic heterocycles. The predicted octanol–water partition coefficient (Wildman–Crippen LogP) is 4.14. The third-order valence-electron chi connectivity index (χ3n) is 3.13. The average molecular weight is 288 g/mol. The van der Waals surface area contributed by atoms with Crippen molar-refractivity contribution in [2.75, 3.05) is 6.54 Å². The zero-order chi connectivity index (χ0) is 16.1. The lowest BCUT2D eigenvalue weighted by Gasteiger charge is -2.26. The fourth-order valence-electron chi connectivity index (χ4n) is 1.96. The molecule has 1 saturated carbocycles. The minimum Gasteiger partial charge on any atom is -0.512 e. The molecule has 0 aromatic carbocycles. The van der Waals surface area contributed by atoms with Crippen LogP contribution in [0.3, 0.4) is 0 Å². The van der Waals surface area contributed by atoms with Gasteiger partial charge in [-0.3, -0.25) is 4.99 Å². The minimum atomic E-state index is 0.271. The summed E-state index contributed by atoms with van der Waals surface area (Å²) >= 11 is 0. The Morgan fingerprint density at radius 3 is 2.52 bits per heavy atom. The second-order valence-corrected chi connectivity index (χ2v) is 4.63. The van der Waals surface area contributed by atoms with Gasteiger partial charge < -0.3 is 10.8 Å². The molecule has 3 N–H and O–H groups in total.